The number of fused-ring (bicyclic) bond motifs is 1. The van der Waals surface area contributed by atoms with Crippen LogP contribution in [0.3, 0.4) is 0 Å². The highest BCUT2D eigenvalue weighted by molar-refractivity contribution is 6.10. The van der Waals surface area contributed by atoms with Crippen LogP contribution in [-0.4, -0.2) is 21.6 Å². The molecule has 0 aliphatic heterocycles. The highest BCUT2D eigenvalue weighted by Crippen LogP contribution is 2.24. The molecule has 3 rings (SSSR count). The van der Waals surface area contributed by atoms with Crippen LogP contribution < -0.4 is 5.32 Å². The summed E-state index contributed by atoms with van der Waals surface area (Å²) in [5.74, 6) is -2.37. The number of aliphatic carboxylic acids is 1. The molecule has 0 unspecified atom stereocenters. The van der Waals surface area contributed by atoms with E-state index in [-0.39, 0.29) is 17.8 Å². The first-order chi connectivity index (χ1) is 13.0. The lowest BCUT2D eigenvalue weighted by atomic mass is 10.1. The predicted octanol–water partition coefficient (Wildman–Crippen LogP) is 3.41. The van der Waals surface area contributed by atoms with Gasteiger partial charge in [0.25, 0.3) is 5.91 Å². The van der Waals surface area contributed by atoms with Crippen molar-refractivity contribution in [2.75, 3.05) is 5.32 Å². The molecule has 1 aromatic heterocycles. The van der Waals surface area contributed by atoms with Gasteiger partial charge >= 0.3 is 5.97 Å². The van der Waals surface area contributed by atoms with Crippen molar-refractivity contribution in [1.82, 2.24) is 4.57 Å². The highest BCUT2D eigenvalue weighted by atomic mass is 19.1. The summed E-state index contributed by atoms with van der Waals surface area (Å²) in [6.45, 7) is -0.252. The summed E-state index contributed by atoms with van der Waals surface area (Å²) in [5.41, 5.74) is 0.929. The van der Waals surface area contributed by atoms with E-state index >= 15 is 0 Å². The van der Waals surface area contributed by atoms with Gasteiger partial charge in [-0.15, -0.1) is 0 Å². The van der Waals surface area contributed by atoms with Crippen LogP contribution in [0.1, 0.15) is 5.56 Å². The van der Waals surface area contributed by atoms with E-state index < -0.39 is 17.7 Å². The Labute approximate surface area is 153 Å². The Morgan fingerprint density at radius 1 is 1.19 bits per heavy atom. The molecule has 1 amide bonds. The van der Waals surface area contributed by atoms with Gasteiger partial charge in [0.15, 0.2) is 0 Å². The van der Waals surface area contributed by atoms with Crippen LogP contribution in [0, 0.1) is 17.1 Å². The number of hydrogen-bond acceptors (Lipinski definition) is 3. The Bertz CT molecular complexity index is 1110. The number of hydrogen-bond donors (Lipinski definition) is 2. The number of benzene rings is 2. The first-order valence-electron chi connectivity index (χ1n) is 7.97. The number of nitrogens with zero attached hydrogens (tertiary/aromatic N) is 2. The Morgan fingerprint density at radius 3 is 2.59 bits per heavy atom. The number of aromatic nitrogens is 1. The lowest BCUT2D eigenvalue weighted by Gasteiger charge is -2.05. The zero-order chi connectivity index (χ0) is 19.4. The summed E-state index contributed by atoms with van der Waals surface area (Å²) in [4.78, 5) is 23.4. The van der Waals surface area contributed by atoms with Gasteiger partial charge in [-0.25, -0.2) is 4.39 Å². The molecule has 3 aromatic rings. The Balaban J connectivity index is 1.98. The maximum absolute atomic E-state index is 13.7. The fraction of sp³-hybridized carbons (Fsp3) is 0.0500. The lowest BCUT2D eigenvalue weighted by Crippen LogP contribution is -2.14. The van der Waals surface area contributed by atoms with Crippen molar-refractivity contribution in [3.05, 3.63) is 71.7 Å². The summed E-state index contributed by atoms with van der Waals surface area (Å²) >= 11 is 0. The predicted molar refractivity (Wildman–Crippen MR) is 98.2 cm³/mol. The molecule has 0 radical (unpaired) electrons. The van der Waals surface area contributed by atoms with Crippen LogP contribution in [0.2, 0.25) is 0 Å². The first kappa shape index (κ1) is 17.9. The van der Waals surface area contributed by atoms with Gasteiger partial charge in [0.2, 0.25) is 0 Å². The minimum Gasteiger partial charge on any atom is -0.480 e. The molecule has 0 atom stereocenters. The van der Waals surface area contributed by atoms with E-state index in [1.165, 1.54) is 28.8 Å². The number of amides is 1. The molecule has 134 valence electrons. The van der Waals surface area contributed by atoms with Crippen LogP contribution in [-0.2, 0) is 16.1 Å². The second-order valence-electron chi connectivity index (χ2n) is 5.73. The minimum absolute atomic E-state index is 0.0306. The maximum Gasteiger partial charge on any atom is 0.323 e. The van der Waals surface area contributed by atoms with Gasteiger partial charge < -0.3 is 15.0 Å². The normalized spacial score (nSPS) is 11.2. The van der Waals surface area contributed by atoms with Crippen molar-refractivity contribution < 1.29 is 19.1 Å². The quantitative estimate of drug-likeness (QED) is 0.536. The number of nitrogens with one attached hydrogen (secondary N) is 1. The molecule has 27 heavy (non-hydrogen) atoms. The van der Waals surface area contributed by atoms with Crippen LogP contribution >= 0.6 is 0 Å². The van der Waals surface area contributed by atoms with E-state index in [0.717, 1.165) is 0 Å². The third-order valence-electron chi connectivity index (χ3n) is 3.91. The third kappa shape index (κ3) is 3.85. The number of nitriles is 1. The van der Waals surface area contributed by atoms with Gasteiger partial charge in [0.1, 0.15) is 24.0 Å². The van der Waals surface area contributed by atoms with E-state index in [1.807, 2.05) is 0 Å². The zero-order valence-electron chi connectivity index (χ0n) is 14.0. The molecule has 0 saturated carbocycles. The number of carbonyl (C=O) groups excluding carboxylic acids is 1. The standard InChI is InChI=1S/C20H14FN3O3/c21-16-6-2-3-7-17(16)23-20(27)13(10-22)9-14-11-24(12-19(25)26)18-8-4-1-5-15(14)18/h1-9,11H,12H2,(H,23,27)(H,25,26). The van der Waals surface area contributed by atoms with Crippen molar-refractivity contribution in [2.24, 2.45) is 0 Å². The van der Waals surface area contributed by atoms with Crippen molar-refractivity contribution >= 4 is 34.5 Å². The molecule has 7 heteroatoms. The number of carboxylic acids is 1. The molecule has 2 aromatic carbocycles. The van der Waals surface area contributed by atoms with Gasteiger partial charge in [-0.3, -0.25) is 9.59 Å². The lowest BCUT2D eigenvalue weighted by molar-refractivity contribution is -0.137. The third-order valence-corrected chi connectivity index (χ3v) is 3.91. The van der Waals surface area contributed by atoms with Gasteiger partial charge in [-0.05, 0) is 24.3 Å². The molecule has 0 saturated heterocycles. The second kappa shape index (κ2) is 7.54. The van der Waals surface area contributed by atoms with Gasteiger partial charge in [0, 0.05) is 22.7 Å². The summed E-state index contributed by atoms with van der Waals surface area (Å²) in [6.07, 6.45) is 2.92. The average Bonchev–Trinajstić information content (AvgIpc) is 2.98. The van der Waals surface area contributed by atoms with E-state index in [2.05, 4.69) is 5.32 Å². The molecule has 0 bridgehead atoms. The van der Waals surface area contributed by atoms with Crippen molar-refractivity contribution in [3.8, 4) is 6.07 Å². The molecule has 6 nitrogen and oxygen atoms in total. The zero-order valence-corrected chi connectivity index (χ0v) is 14.0. The Hall–Kier alpha value is -3.92. The second-order valence-corrected chi connectivity index (χ2v) is 5.73. The summed E-state index contributed by atoms with van der Waals surface area (Å²) in [7, 11) is 0. The fourth-order valence-electron chi connectivity index (χ4n) is 2.72. The molecule has 1 heterocycles. The number of para-hydroxylation sites is 2. The summed E-state index contributed by atoms with van der Waals surface area (Å²) in [6, 6.07) is 14.5. The van der Waals surface area contributed by atoms with Gasteiger partial charge in [-0.1, -0.05) is 30.3 Å². The number of halogens is 1. The van der Waals surface area contributed by atoms with E-state index in [1.54, 1.807) is 42.6 Å². The van der Waals surface area contributed by atoms with Crippen LogP contribution in [0.15, 0.2) is 60.3 Å². The molecule has 0 aliphatic rings. The average molecular weight is 363 g/mol. The summed E-state index contributed by atoms with van der Waals surface area (Å²) in [5, 5.41) is 21.5. The molecular weight excluding hydrogens is 349 g/mol. The monoisotopic (exact) mass is 363 g/mol. The Morgan fingerprint density at radius 2 is 1.89 bits per heavy atom. The van der Waals surface area contributed by atoms with Crippen molar-refractivity contribution in [2.45, 2.75) is 6.54 Å². The largest absolute Gasteiger partial charge is 0.480 e. The first-order valence-corrected chi connectivity index (χ1v) is 7.97. The van der Waals surface area contributed by atoms with E-state index in [9.17, 15) is 19.2 Å². The van der Waals surface area contributed by atoms with Crippen LogP contribution in [0.5, 0.6) is 0 Å². The van der Waals surface area contributed by atoms with Gasteiger partial charge in [0.05, 0.1) is 5.69 Å². The maximum atomic E-state index is 13.7. The molecular formula is C20H14FN3O3. The van der Waals surface area contributed by atoms with Gasteiger partial charge in [-0.2, -0.15) is 5.26 Å². The Kier molecular flexibility index (Phi) is 4.99. The SMILES string of the molecule is N#CC(=Cc1cn(CC(=O)O)c2ccccc12)C(=O)Nc1ccccc1F. The number of carbonyl (C=O) groups is 2. The molecule has 0 spiro atoms. The van der Waals surface area contributed by atoms with Crippen molar-refractivity contribution in [1.29, 1.82) is 5.26 Å². The van der Waals surface area contributed by atoms with E-state index in [0.29, 0.717) is 16.5 Å². The van der Waals surface area contributed by atoms with Crippen molar-refractivity contribution in [3.63, 3.8) is 0 Å². The topological polar surface area (TPSA) is 95.1 Å². The highest BCUT2D eigenvalue weighted by Gasteiger charge is 2.14. The number of carboxylic acid groups (broad SMARTS) is 1. The summed E-state index contributed by atoms with van der Waals surface area (Å²) < 4.78 is 15.2. The fourth-order valence-corrected chi connectivity index (χ4v) is 2.72. The van der Waals surface area contributed by atoms with Crippen LogP contribution in [0.25, 0.3) is 17.0 Å². The molecule has 2 N–H and O–H groups in total. The molecule has 0 aliphatic carbocycles. The number of anilines is 1. The smallest absolute Gasteiger partial charge is 0.323 e. The number of rotatable bonds is 5. The van der Waals surface area contributed by atoms with Crippen LogP contribution in [0.4, 0.5) is 10.1 Å². The van der Waals surface area contributed by atoms with E-state index in [4.69, 9.17) is 5.11 Å². The molecule has 0 fully saturated rings. The minimum atomic E-state index is -1.01.